The number of anilines is 3. The van der Waals surface area contributed by atoms with Gasteiger partial charge in [0.05, 0.1) is 0 Å². The van der Waals surface area contributed by atoms with Crippen molar-refractivity contribution in [2.45, 2.75) is 25.7 Å². The van der Waals surface area contributed by atoms with Crippen molar-refractivity contribution >= 4 is 29.7 Å². The Balaban J connectivity index is 2.14. The minimum absolute atomic E-state index is 0.970. The van der Waals surface area contributed by atoms with Gasteiger partial charge in [0.1, 0.15) is 0 Å². The highest BCUT2D eigenvalue weighted by molar-refractivity contribution is 7.80. The van der Waals surface area contributed by atoms with Gasteiger partial charge in [-0.3, -0.25) is 0 Å². The first-order valence-electron chi connectivity index (χ1n) is 7.78. The minimum atomic E-state index is 0.970. The van der Waals surface area contributed by atoms with Crippen LogP contribution in [0.25, 0.3) is 0 Å². The molecule has 1 nitrogen and oxygen atoms in total. The average Bonchev–Trinajstić information content (AvgIpc) is 2.55. The number of thiol groups is 1. The smallest absolute Gasteiger partial charge is 0.0464 e. The Morgan fingerprint density at radius 1 is 0.609 bits per heavy atom. The van der Waals surface area contributed by atoms with Gasteiger partial charge in [0.2, 0.25) is 0 Å². The molecule has 0 heterocycles. The zero-order valence-corrected chi connectivity index (χ0v) is 14.6. The van der Waals surface area contributed by atoms with Crippen molar-refractivity contribution in [3.05, 3.63) is 83.4 Å². The van der Waals surface area contributed by atoms with Crippen LogP contribution in [0.15, 0.2) is 71.6 Å². The van der Waals surface area contributed by atoms with Crippen molar-refractivity contribution < 1.29 is 0 Å². The summed E-state index contributed by atoms with van der Waals surface area (Å²) in [5.74, 6) is 0. The predicted molar refractivity (Wildman–Crippen MR) is 103 cm³/mol. The SMILES string of the molecule is Cc1ccc(N(c2ccc(S)cc2)c2ccc(C)c(C)c2)cc1. The summed E-state index contributed by atoms with van der Waals surface area (Å²) in [6, 6.07) is 23.5. The quantitative estimate of drug-likeness (QED) is 0.549. The second-order valence-corrected chi connectivity index (χ2v) is 6.47. The molecule has 0 aliphatic carbocycles. The van der Waals surface area contributed by atoms with Crippen molar-refractivity contribution in [1.29, 1.82) is 0 Å². The van der Waals surface area contributed by atoms with Crippen LogP contribution in [0.4, 0.5) is 17.1 Å². The Labute approximate surface area is 144 Å². The average molecular weight is 319 g/mol. The molecule has 0 amide bonds. The highest BCUT2D eigenvalue weighted by Gasteiger charge is 2.12. The first-order valence-corrected chi connectivity index (χ1v) is 8.22. The van der Waals surface area contributed by atoms with E-state index in [1.54, 1.807) is 0 Å². The molecule has 0 unspecified atom stereocenters. The molecule has 3 rings (SSSR count). The second-order valence-electron chi connectivity index (χ2n) is 5.96. The Morgan fingerprint density at radius 2 is 1.13 bits per heavy atom. The molecule has 2 heteroatoms. The molecule has 0 radical (unpaired) electrons. The van der Waals surface area contributed by atoms with Crippen LogP contribution in [0.1, 0.15) is 16.7 Å². The molecule has 0 N–H and O–H groups in total. The van der Waals surface area contributed by atoms with Crippen LogP contribution in [0.2, 0.25) is 0 Å². The van der Waals surface area contributed by atoms with E-state index in [-0.39, 0.29) is 0 Å². The summed E-state index contributed by atoms with van der Waals surface area (Å²) in [5, 5.41) is 0. The molecule has 3 aromatic rings. The van der Waals surface area contributed by atoms with E-state index in [9.17, 15) is 0 Å². The fraction of sp³-hybridized carbons (Fsp3) is 0.143. The van der Waals surface area contributed by atoms with Crippen LogP contribution in [-0.4, -0.2) is 0 Å². The Kier molecular flexibility index (Phi) is 4.44. The Bertz CT molecular complexity index is 759. The molecule has 116 valence electrons. The van der Waals surface area contributed by atoms with Crippen LogP contribution in [0, 0.1) is 20.8 Å². The maximum Gasteiger partial charge on any atom is 0.0464 e. The summed E-state index contributed by atoms with van der Waals surface area (Å²) in [4.78, 5) is 3.25. The number of aryl methyl sites for hydroxylation is 3. The van der Waals surface area contributed by atoms with Gasteiger partial charge in [-0.1, -0.05) is 23.8 Å². The molecule has 0 atom stereocenters. The largest absolute Gasteiger partial charge is 0.310 e. The first-order chi connectivity index (χ1) is 11.0. The Hall–Kier alpha value is -2.19. The van der Waals surface area contributed by atoms with Crippen LogP contribution in [-0.2, 0) is 0 Å². The molecule has 0 aliphatic heterocycles. The van der Waals surface area contributed by atoms with Gasteiger partial charge >= 0.3 is 0 Å². The lowest BCUT2D eigenvalue weighted by Crippen LogP contribution is -2.10. The van der Waals surface area contributed by atoms with Crippen molar-refractivity contribution in [3.63, 3.8) is 0 Å². The van der Waals surface area contributed by atoms with Crippen LogP contribution in [0.3, 0.4) is 0 Å². The highest BCUT2D eigenvalue weighted by atomic mass is 32.1. The predicted octanol–water partition coefficient (Wildman–Crippen LogP) is 6.37. The molecule has 0 aliphatic rings. The van der Waals surface area contributed by atoms with Crippen molar-refractivity contribution in [3.8, 4) is 0 Å². The summed E-state index contributed by atoms with van der Waals surface area (Å²) in [7, 11) is 0. The summed E-state index contributed by atoms with van der Waals surface area (Å²) >= 11 is 4.40. The molecule has 0 bridgehead atoms. The van der Waals surface area contributed by atoms with E-state index in [0.717, 1.165) is 16.3 Å². The van der Waals surface area contributed by atoms with Gasteiger partial charge in [-0.15, -0.1) is 12.6 Å². The molecule has 0 spiro atoms. The van der Waals surface area contributed by atoms with Gasteiger partial charge in [0, 0.05) is 22.0 Å². The van der Waals surface area contributed by atoms with Crippen molar-refractivity contribution in [2.24, 2.45) is 0 Å². The van der Waals surface area contributed by atoms with Gasteiger partial charge < -0.3 is 4.90 Å². The lowest BCUT2D eigenvalue weighted by molar-refractivity contribution is 1.24. The van der Waals surface area contributed by atoms with Crippen LogP contribution < -0.4 is 4.90 Å². The molecule has 0 aromatic heterocycles. The molecule has 0 saturated heterocycles. The normalized spacial score (nSPS) is 10.6. The number of rotatable bonds is 3. The van der Waals surface area contributed by atoms with Crippen molar-refractivity contribution in [2.75, 3.05) is 4.90 Å². The monoisotopic (exact) mass is 319 g/mol. The third-order valence-corrected chi connectivity index (χ3v) is 4.45. The highest BCUT2D eigenvalue weighted by Crippen LogP contribution is 2.35. The molecule has 0 fully saturated rings. The number of hydrogen-bond donors (Lipinski definition) is 1. The maximum atomic E-state index is 4.40. The fourth-order valence-electron chi connectivity index (χ4n) is 2.61. The minimum Gasteiger partial charge on any atom is -0.310 e. The number of benzene rings is 3. The molecular weight excluding hydrogens is 298 g/mol. The zero-order valence-electron chi connectivity index (χ0n) is 13.7. The summed E-state index contributed by atoms with van der Waals surface area (Å²) in [6.07, 6.45) is 0. The van der Waals surface area contributed by atoms with E-state index in [1.165, 1.54) is 22.4 Å². The van der Waals surface area contributed by atoms with Crippen LogP contribution >= 0.6 is 12.6 Å². The van der Waals surface area contributed by atoms with Gasteiger partial charge in [0.15, 0.2) is 0 Å². The van der Waals surface area contributed by atoms with Crippen LogP contribution in [0.5, 0.6) is 0 Å². The lowest BCUT2D eigenvalue weighted by Gasteiger charge is -2.26. The molecule has 3 aromatic carbocycles. The Morgan fingerprint density at radius 3 is 1.70 bits per heavy atom. The van der Waals surface area contributed by atoms with E-state index in [4.69, 9.17) is 0 Å². The third-order valence-electron chi connectivity index (χ3n) is 4.15. The van der Waals surface area contributed by atoms with E-state index in [0.29, 0.717) is 0 Å². The van der Waals surface area contributed by atoms with E-state index in [2.05, 4.69) is 92.9 Å². The number of nitrogens with zero attached hydrogens (tertiary/aromatic N) is 1. The fourth-order valence-corrected chi connectivity index (χ4v) is 2.76. The maximum absolute atomic E-state index is 4.40. The van der Waals surface area contributed by atoms with E-state index in [1.807, 2.05) is 12.1 Å². The van der Waals surface area contributed by atoms with Crippen molar-refractivity contribution in [1.82, 2.24) is 0 Å². The summed E-state index contributed by atoms with van der Waals surface area (Å²) < 4.78 is 0. The zero-order chi connectivity index (χ0) is 16.4. The van der Waals surface area contributed by atoms with E-state index < -0.39 is 0 Å². The van der Waals surface area contributed by atoms with Gasteiger partial charge in [0.25, 0.3) is 0 Å². The summed E-state index contributed by atoms with van der Waals surface area (Å²) in [6.45, 7) is 6.41. The molecular formula is C21H21NS. The summed E-state index contributed by atoms with van der Waals surface area (Å²) in [5.41, 5.74) is 7.33. The number of hydrogen-bond acceptors (Lipinski definition) is 2. The molecule has 0 saturated carbocycles. The first kappa shape index (κ1) is 15.7. The lowest BCUT2D eigenvalue weighted by atomic mass is 10.1. The third kappa shape index (κ3) is 3.43. The van der Waals surface area contributed by atoms with E-state index >= 15 is 0 Å². The molecule has 23 heavy (non-hydrogen) atoms. The standard InChI is InChI=1S/C21H21NS/c1-15-4-7-18(8-5-15)22(19-10-12-21(23)13-11-19)20-9-6-16(2)17(3)14-20/h4-14,23H,1-3H3. The van der Waals surface area contributed by atoms with Gasteiger partial charge in [-0.05, 0) is 80.4 Å². The second kappa shape index (κ2) is 6.51. The van der Waals surface area contributed by atoms with Gasteiger partial charge in [-0.2, -0.15) is 0 Å². The topological polar surface area (TPSA) is 3.24 Å². The van der Waals surface area contributed by atoms with Gasteiger partial charge in [-0.25, -0.2) is 0 Å².